The maximum absolute atomic E-state index is 11.4. The van der Waals surface area contributed by atoms with Gasteiger partial charge in [-0.1, -0.05) is 6.92 Å². The van der Waals surface area contributed by atoms with Gasteiger partial charge in [-0.25, -0.2) is 9.78 Å². The summed E-state index contributed by atoms with van der Waals surface area (Å²) in [5.41, 5.74) is 0.393. The Hall–Kier alpha value is -2.11. The molecule has 0 aromatic carbocycles. The second-order valence-corrected chi connectivity index (χ2v) is 3.62. The largest absolute Gasteiger partial charge is 0.465 e. The minimum atomic E-state index is -0.434. The Morgan fingerprint density at radius 2 is 2.22 bits per heavy atom. The first kappa shape index (κ1) is 14.0. The first-order valence-electron chi connectivity index (χ1n) is 5.72. The van der Waals surface area contributed by atoms with Gasteiger partial charge in [-0.15, -0.1) is 0 Å². The maximum Gasteiger partial charge on any atom is 0.338 e. The summed E-state index contributed by atoms with van der Waals surface area (Å²) in [6.45, 7) is 2.75. The van der Waals surface area contributed by atoms with Crippen molar-refractivity contribution in [2.45, 2.75) is 13.3 Å². The lowest BCUT2D eigenvalue weighted by Gasteiger charge is -2.07. The number of nitrogens with one attached hydrogen (secondary N) is 2. The Bertz CT molecular complexity index is 421. The summed E-state index contributed by atoms with van der Waals surface area (Å²) in [7, 11) is 1.31. The normalized spacial score (nSPS) is 9.67. The lowest BCUT2D eigenvalue weighted by Crippen LogP contribution is -2.30. The summed E-state index contributed by atoms with van der Waals surface area (Å²) in [5, 5.41) is 5.57. The number of methoxy groups -OCH3 is 1. The number of pyridine rings is 1. The van der Waals surface area contributed by atoms with Crippen LogP contribution in [-0.2, 0) is 9.53 Å². The SMILES string of the molecule is CCCNC(=O)CNc1cc(C(=O)OC)ccn1. The summed E-state index contributed by atoms with van der Waals surface area (Å²) >= 11 is 0. The number of hydrogen-bond acceptors (Lipinski definition) is 5. The Morgan fingerprint density at radius 1 is 1.44 bits per heavy atom. The van der Waals surface area contributed by atoms with E-state index in [4.69, 9.17) is 0 Å². The van der Waals surface area contributed by atoms with Crippen LogP contribution in [0.5, 0.6) is 0 Å². The van der Waals surface area contributed by atoms with Crippen LogP contribution in [0.1, 0.15) is 23.7 Å². The number of nitrogens with zero attached hydrogens (tertiary/aromatic N) is 1. The molecule has 0 unspecified atom stereocenters. The van der Waals surface area contributed by atoms with Crippen LogP contribution in [0.25, 0.3) is 0 Å². The molecule has 2 N–H and O–H groups in total. The fraction of sp³-hybridized carbons (Fsp3) is 0.417. The van der Waals surface area contributed by atoms with Crippen molar-refractivity contribution >= 4 is 17.7 Å². The van der Waals surface area contributed by atoms with Gasteiger partial charge in [0.25, 0.3) is 0 Å². The molecule has 0 saturated carbocycles. The van der Waals surface area contributed by atoms with E-state index < -0.39 is 5.97 Å². The molecule has 0 radical (unpaired) electrons. The van der Waals surface area contributed by atoms with Gasteiger partial charge in [0.1, 0.15) is 5.82 Å². The number of aromatic nitrogens is 1. The molecule has 0 aliphatic heterocycles. The summed E-state index contributed by atoms with van der Waals surface area (Å²) in [4.78, 5) is 26.7. The molecule has 0 aliphatic rings. The van der Waals surface area contributed by atoms with Gasteiger partial charge in [-0.2, -0.15) is 0 Å². The lowest BCUT2D eigenvalue weighted by atomic mass is 10.2. The third-order valence-corrected chi connectivity index (χ3v) is 2.18. The lowest BCUT2D eigenvalue weighted by molar-refractivity contribution is -0.119. The first-order valence-corrected chi connectivity index (χ1v) is 5.72. The van der Waals surface area contributed by atoms with Crippen LogP contribution < -0.4 is 10.6 Å². The predicted molar refractivity (Wildman–Crippen MR) is 67.4 cm³/mol. The fourth-order valence-electron chi connectivity index (χ4n) is 1.27. The highest BCUT2D eigenvalue weighted by Crippen LogP contribution is 2.07. The van der Waals surface area contributed by atoms with E-state index >= 15 is 0 Å². The standard InChI is InChI=1S/C12H17N3O3/c1-3-5-14-11(16)8-15-10-7-9(4-6-13-10)12(17)18-2/h4,6-7H,3,5,8H2,1-2H3,(H,13,15)(H,14,16). The quantitative estimate of drug-likeness (QED) is 0.731. The Labute approximate surface area is 106 Å². The number of carbonyl (C=O) groups excluding carboxylic acids is 2. The topological polar surface area (TPSA) is 80.3 Å². The predicted octanol–water partition coefficient (Wildman–Crippen LogP) is 0.806. The number of anilines is 1. The number of ether oxygens (including phenoxy) is 1. The zero-order chi connectivity index (χ0) is 13.4. The van der Waals surface area contributed by atoms with Gasteiger partial charge in [0.05, 0.1) is 19.2 Å². The third kappa shape index (κ3) is 4.40. The van der Waals surface area contributed by atoms with E-state index in [0.29, 0.717) is 17.9 Å². The third-order valence-electron chi connectivity index (χ3n) is 2.18. The molecular weight excluding hydrogens is 234 g/mol. The number of esters is 1. The summed E-state index contributed by atoms with van der Waals surface area (Å²) < 4.78 is 4.60. The van der Waals surface area contributed by atoms with Gasteiger partial charge < -0.3 is 15.4 Å². The van der Waals surface area contributed by atoms with Crippen molar-refractivity contribution in [3.05, 3.63) is 23.9 Å². The molecule has 1 amide bonds. The van der Waals surface area contributed by atoms with Gasteiger partial charge in [0, 0.05) is 12.7 Å². The number of rotatable bonds is 6. The molecule has 1 rings (SSSR count). The highest BCUT2D eigenvalue weighted by atomic mass is 16.5. The molecule has 0 saturated heterocycles. The average molecular weight is 251 g/mol. The molecule has 0 atom stereocenters. The van der Waals surface area contributed by atoms with Gasteiger partial charge in [0.2, 0.25) is 5.91 Å². The minimum Gasteiger partial charge on any atom is -0.465 e. The van der Waals surface area contributed by atoms with Crippen LogP contribution in [0, 0.1) is 0 Å². The molecule has 18 heavy (non-hydrogen) atoms. The van der Waals surface area contributed by atoms with Gasteiger partial charge in [-0.3, -0.25) is 4.79 Å². The van der Waals surface area contributed by atoms with Crippen molar-refractivity contribution in [3.63, 3.8) is 0 Å². The summed E-state index contributed by atoms with van der Waals surface area (Å²) in [6.07, 6.45) is 2.38. The smallest absolute Gasteiger partial charge is 0.338 e. The zero-order valence-corrected chi connectivity index (χ0v) is 10.5. The van der Waals surface area contributed by atoms with E-state index in [1.165, 1.54) is 13.3 Å². The highest BCUT2D eigenvalue weighted by molar-refractivity contribution is 5.90. The van der Waals surface area contributed by atoms with Crippen molar-refractivity contribution in [2.24, 2.45) is 0 Å². The van der Waals surface area contributed by atoms with Crippen molar-refractivity contribution in [2.75, 3.05) is 25.5 Å². The molecule has 1 aromatic heterocycles. The van der Waals surface area contributed by atoms with Crippen LogP contribution in [0.2, 0.25) is 0 Å². The number of amides is 1. The number of hydrogen-bond donors (Lipinski definition) is 2. The Kier molecular flexibility index (Phi) is 5.63. The van der Waals surface area contributed by atoms with E-state index in [9.17, 15) is 9.59 Å². The highest BCUT2D eigenvalue weighted by Gasteiger charge is 2.07. The second kappa shape index (κ2) is 7.26. The van der Waals surface area contributed by atoms with Crippen molar-refractivity contribution in [1.29, 1.82) is 0 Å². The molecule has 0 bridgehead atoms. The average Bonchev–Trinajstić information content (AvgIpc) is 2.42. The Morgan fingerprint density at radius 3 is 2.89 bits per heavy atom. The van der Waals surface area contributed by atoms with E-state index in [2.05, 4.69) is 20.4 Å². The molecule has 6 heteroatoms. The molecular formula is C12H17N3O3. The second-order valence-electron chi connectivity index (χ2n) is 3.62. The monoisotopic (exact) mass is 251 g/mol. The van der Waals surface area contributed by atoms with E-state index in [0.717, 1.165) is 6.42 Å². The fourth-order valence-corrected chi connectivity index (χ4v) is 1.27. The van der Waals surface area contributed by atoms with Crippen LogP contribution in [0.15, 0.2) is 18.3 Å². The van der Waals surface area contributed by atoms with Gasteiger partial charge in [0.15, 0.2) is 0 Å². The first-order chi connectivity index (χ1) is 8.67. The van der Waals surface area contributed by atoms with E-state index in [-0.39, 0.29) is 12.5 Å². The van der Waals surface area contributed by atoms with Crippen molar-refractivity contribution < 1.29 is 14.3 Å². The molecule has 1 aromatic rings. The van der Waals surface area contributed by atoms with E-state index in [1.807, 2.05) is 6.92 Å². The van der Waals surface area contributed by atoms with Crippen LogP contribution in [0.4, 0.5) is 5.82 Å². The molecule has 0 spiro atoms. The van der Waals surface area contributed by atoms with Crippen LogP contribution in [0.3, 0.4) is 0 Å². The number of carbonyl (C=O) groups is 2. The van der Waals surface area contributed by atoms with Gasteiger partial charge in [-0.05, 0) is 18.6 Å². The zero-order valence-electron chi connectivity index (χ0n) is 10.5. The molecule has 0 fully saturated rings. The molecule has 98 valence electrons. The van der Waals surface area contributed by atoms with Gasteiger partial charge >= 0.3 is 5.97 Å². The summed E-state index contributed by atoms with van der Waals surface area (Å²) in [6, 6.07) is 3.09. The molecule has 1 heterocycles. The van der Waals surface area contributed by atoms with Crippen LogP contribution in [-0.4, -0.2) is 37.1 Å². The van der Waals surface area contributed by atoms with Crippen LogP contribution >= 0.6 is 0 Å². The summed E-state index contributed by atoms with van der Waals surface area (Å²) in [5.74, 6) is -0.0810. The Balaban J connectivity index is 2.52. The van der Waals surface area contributed by atoms with E-state index in [1.54, 1.807) is 12.1 Å². The molecule has 6 nitrogen and oxygen atoms in total. The van der Waals surface area contributed by atoms with Crippen molar-refractivity contribution in [3.8, 4) is 0 Å². The minimum absolute atomic E-state index is 0.109. The molecule has 0 aliphatic carbocycles. The maximum atomic E-state index is 11.4. The van der Waals surface area contributed by atoms with Crippen molar-refractivity contribution in [1.82, 2.24) is 10.3 Å².